The molecular weight excluding hydrogens is 479 g/mol. The van der Waals surface area contributed by atoms with Gasteiger partial charge in [-0.15, -0.1) is 0 Å². The van der Waals surface area contributed by atoms with Gasteiger partial charge >= 0.3 is 12.2 Å². The van der Waals surface area contributed by atoms with Crippen molar-refractivity contribution >= 4 is 23.3 Å². The van der Waals surface area contributed by atoms with E-state index >= 15 is 0 Å². The molecule has 0 spiro atoms. The summed E-state index contributed by atoms with van der Waals surface area (Å²) in [5.41, 5.74) is 2.62. The largest absolute Gasteiger partial charge is 0.416 e. The SMILES string of the molecule is CC[C@H](C(=O)Nc1cc(C)ccc1N1CCCN(Cc2cccc(C(F)(F)F)c2)C1=O)c1ccccc1. The Morgan fingerprint density at radius 1 is 1.00 bits per heavy atom. The highest BCUT2D eigenvalue weighted by atomic mass is 19.4. The summed E-state index contributed by atoms with van der Waals surface area (Å²) < 4.78 is 39.5. The fourth-order valence-electron chi connectivity index (χ4n) is 4.68. The van der Waals surface area contributed by atoms with Crippen LogP contribution in [0.2, 0.25) is 0 Å². The minimum atomic E-state index is -4.45. The molecule has 0 radical (unpaired) electrons. The lowest BCUT2D eigenvalue weighted by Gasteiger charge is -2.36. The van der Waals surface area contributed by atoms with Crippen LogP contribution in [0.5, 0.6) is 0 Å². The van der Waals surface area contributed by atoms with Crippen LogP contribution >= 0.6 is 0 Å². The second-order valence-corrected chi connectivity index (χ2v) is 9.29. The molecule has 0 aromatic heterocycles. The molecule has 1 aliphatic heterocycles. The van der Waals surface area contributed by atoms with Gasteiger partial charge in [0.15, 0.2) is 0 Å². The monoisotopic (exact) mass is 509 g/mol. The number of alkyl halides is 3. The number of carbonyl (C=O) groups excluding carboxylic acids is 2. The molecule has 1 N–H and O–H groups in total. The molecule has 194 valence electrons. The van der Waals surface area contributed by atoms with E-state index in [1.165, 1.54) is 6.07 Å². The van der Waals surface area contributed by atoms with Crippen LogP contribution in [0.25, 0.3) is 0 Å². The molecule has 0 aliphatic carbocycles. The van der Waals surface area contributed by atoms with Crippen LogP contribution in [-0.4, -0.2) is 29.9 Å². The molecule has 3 aromatic carbocycles. The van der Waals surface area contributed by atoms with Crippen LogP contribution in [0.15, 0.2) is 72.8 Å². The highest BCUT2D eigenvalue weighted by Crippen LogP contribution is 2.33. The summed E-state index contributed by atoms with van der Waals surface area (Å²) in [5, 5.41) is 3.03. The van der Waals surface area contributed by atoms with Crippen molar-refractivity contribution in [1.82, 2.24) is 4.90 Å². The standard InChI is InChI=1S/C29H30F3N3O2/c1-3-24(22-10-5-4-6-11-22)27(36)33-25-17-20(2)13-14-26(25)35-16-8-15-34(28(35)37)19-21-9-7-12-23(18-21)29(30,31)32/h4-7,9-14,17-18,24H,3,8,15-16,19H2,1-2H3,(H,33,36)/t24-/m0/s1. The summed E-state index contributed by atoms with van der Waals surface area (Å²) in [7, 11) is 0. The predicted octanol–water partition coefficient (Wildman–Crippen LogP) is 6.98. The van der Waals surface area contributed by atoms with Gasteiger partial charge in [-0.05, 0) is 60.7 Å². The smallest absolute Gasteiger partial charge is 0.324 e. The van der Waals surface area contributed by atoms with Gasteiger partial charge in [-0.1, -0.05) is 55.5 Å². The van der Waals surface area contributed by atoms with Crippen molar-refractivity contribution in [1.29, 1.82) is 0 Å². The second-order valence-electron chi connectivity index (χ2n) is 9.29. The number of hydrogen-bond donors (Lipinski definition) is 1. The molecule has 4 rings (SSSR count). The second kappa shape index (κ2) is 11.1. The molecule has 8 heteroatoms. The summed E-state index contributed by atoms with van der Waals surface area (Å²) in [6.07, 6.45) is -3.18. The number of nitrogens with zero attached hydrogens (tertiary/aromatic N) is 2. The number of amides is 3. The topological polar surface area (TPSA) is 52.7 Å². The van der Waals surface area contributed by atoms with Gasteiger partial charge in [0.05, 0.1) is 22.9 Å². The lowest BCUT2D eigenvalue weighted by Crippen LogP contribution is -2.49. The molecule has 1 fully saturated rings. The number of benzene rings is 3. The van der Waals surface area contributed by atoms with Crippen LogP contribution in [0.4, 0.5) is 29.3 Å². The van der Waals surface area contributed by atoms with Gasteiger partial charge in [-0.3, -0.25) is 9.69 Å². The first kappa shape index (κ1) is 26.3. The molecule has 5 nitrogen and oxygen atoms in total. The molecule has 0 bridgehead atoms. The molecule has 1 atom stereocenters. The maximum atomic E-state index is 13.5. The van der Waals surface area contributed by atoms with E-state index in [4.69, 9.17) is 0 Å². The number of halogens is 3. The third-order valence-electron chi connectivity index (χ3n) is 6.57. The van der Waals surface area contributed by atoms with E-state index < -0.39 is 11.7 Å². The third kappa shape index (κ3) is 6.13. The number of hydrogen-bond acceptors (Lipinski definition) is 2. The zero-order chi connectivity index (χ0) is 26.6. The van der Waals surface area contributed by atoms with Gasteiger partial charge in [0, 0.05) is 19.6 Å². The first-order valence-corrected chi connectivity index (χ1v) is 12.4. The average Bonchev–Trinajstić information content (AvgIpc) is 2.87. The Labute approximate surface area is 214 Å². The zero-order valence-corrected chi connectivity index (χ0v) is 20.9. The minimum Gasteiger partial charge on any atom is -0.324 e. The van der Waals surface area contributed by atoms with Crippen molar-refractivity contribution in [3.63, 3.8) is 0 Å². The molecule has 0 saturated carbocycles. The lowest BCUT2D eigenvalue weighted by molar-refractivity contribution is -0.137. The van der Waals surface area contributed by atoms with E-state index in [-0.39, 0.29) is 24.4 Å². The highest BCUT2D eigenvalue weighted by molar-refractivity contribution is 6.02. The van der Waals surface area contributed by atoms with Crippen LogP contribution in [0.1, 0.15) is 47.9 Å². The van der Waals surface area contributed by atoms with Crippen molar-refractivity contribution in [2.75, 3.05) is 23.3 Å². The Balaban J connectivity index is 1.56. The van der Waals surface area contributed by atoms with Gasteiger partial charge < -0.3 is 10.2 Å². The number of carbonyl (C=O) groups is 2. The van der Waals surface area contributed by atoms with E-state index in [9.17, 15) is 22.8 Å². The van der Waals surface area contributed by atoms with Gasteiger partial charge in [0.25, 0.3) is 0 Å². The van der Waals surface area contributed by atoms with Crippen LogP contribution in [0, 0.1) is 6.92 Å². The van der Waals surface area contributed by atoms with E-state index in [0.29, 0.717) is 42.9 Å². The minimum absolute atomic E-state index is 0.0682. The number of rotatable bonds is 7. The number of nitrogens with one attached hydrogen (secondary N) is 1. The summed E-state index contributed by atoms with van der Waals surface area (Å²) >= 11 is 0. The van der Waals surface area contributed by atoms with Crippen LogP contribution in [0.3, 0.4) is 0 Å². The molecule has 37 heavy (non-hydrogen) atoms. The molecule has 1 aliphatic rings. The molecule has 3 amide bonds. The Morgan fingerprint density at radius 3 is 2.46 bits per heavy atom. The first-order valence-electron chi connectivity index (χ1n) is 12.4. The van der Waals surface area contributed by atoms with Crippen molar-refractivity contribution in [3.05, 3.63) is 95.1 Å². The highest BCUT2D eigenvalue weighted by Gasteiger charge is 2.32. The van der Waals surface area contributed by atoms with Crippen molar-refractivity contribution in [2.24, 2.45) is 0 Å². The Kier molecular flexibility index (Phi) is 7.86. The van der Waals surface area contributed by atoms with E-state index in [2.05, 4.69) is 5.32 Å². The maximum Gasteiger partial charge on any atom is 0.416 e. The normalized spacial score (nSPS) is 15.0. The molecule has 3 aromatic rings. The van der Waals surface area contributed by atoms with Crippen LogP contribution in [-0.2, 0) is 17.5 Å². The lowest BCUT2D eigenvalue weighted by atomic mass is 9.95. The molecule has 0 unspecified atom stereocenters. The summed E-state index contributed by atoms with van der Waals surface area (Å²) in [6, 6.07) is 19.8. The third-order valence-corrected chi connectivity index (χ3v) is 6.57. The maximum absolute atomic E-state index is 13.5. The fourth-order valence-corrected chi connectivity index (χ4v) is 4.68. The number of aryl methyl sites for hydroxylation is 1. The van der Waals surface area contributed by atoms with Crippen LogP contribution < -0.4 is 10.2 Å². The van der Waals surface area contributed by atoms with Crippen molar-refractivity contribution < 1.29 is 22.8 Å². The van der Waals surface area contributed by atoms with E-state index in [1.807, 2.05) is 56.3 Å². The van der Waals surface area contributed by atoms with Gasteiger partial charge in [0.1, 0.15) is 0 Å². The average molecular weight is 510 g/mol. The molecule has 1 heterocycles. The van der Waals surface area contributed by atoms with E-state index in [1.54, 1.807) is 21.9 Å². The summed E-state index contributed by atoms with van der Waals surface area (Å²) in [5.74, 6) is -0.505. The summed E-state index contributed by atoms with van der Waals surface area (Å²) in [4.78, 5) is 29.9. The zero-order valence-electron chi connectivity index (χ0n) is 20.9. The first-order chi connectivity index (χ1) is 17.7. The fraction of sp³-hybridized carbons (Fsp3) is 0.310. The Hall–Kier alpha value is -3.81. The van der Waals surface area contributed by atoms with Crippen molar-refractivity contribution in [3.8, 4) is 0 Å². The Bertz CT molecular complexity index is 1260. The van der Waals surface area contributed by atoms with Crippen molar-refractivity contribution in [2.45, 2.75) is 45.3 Å². The van der Waals surface area contributed by atoms with Gasteiger partial charge in [-0.25, -0.2) is 4.79 Å². The molecule has 1 saturated heterocycles. The van der Waals surface area contributed by atoms with Gasteiger partial charge in [0.2, 0.25) is 5.91 Å². The van der Waals surface area contributed by atoms with E-state index in [0.717, 1.165) is 23.3 Å². The predicted molar refractivity (Wildman–Crippen MR) is 138 cm³/mol. The van der Waals surface area contributed by atoms with Gasteiger partial charge in [-0.2, -0.15) is 13.2 Å². The summed E-state index contributed by atoms with van der Waals surface area (Å²) in [6.45, 7) is 4.81. The Morgan fingerprint density at radius 2 is 1.76 bits per heavy atom. The number of urea groups is 1. The molecular formula is C29H30F3N3O2. The quantitative estimate of drug-likeness (QED) is 0.374. The number of anilines is 2.